The van der Waals surface area contributed by atoms with E-state index in [4.69, 9.17) is 17.1 Å². The van der Waals surface area contributed by atoms with Gasteiger partial charge in [-0.3, -0.25) is 9.89 Å². The van der Waals surface area contributed by atoms with Crippen LogP contribution >= 0.6 is 23.6 Å². The van der Waals surface area contributed by atoms with Crippen molar-refractivity contribution < 1.29 is 9.63 Å². The summed E-state index contributed by atoms with van der Waals surface area (Å²) in [5.74, 6) is 0.552. The van der Waals surface area contributed by atoms with E-state index < -0.39 is 0 Å². The van der Waals surface area contributed by atoms with Crippen molar-refractivity contribution >= 4 is 35.1 Å². The Kier molecular flexibility index (Phi) is 3.28. The smallest absolute Gasteiger partial charge is 0.250 e. The van der Waals surface area contributed by atoms with Gasteiger partial charge in [-0.25, -0.2) is 0 Å². The Balaban J connectivity index is 2.18. The van der Waals surface area contributed by atoms with Gasteiger partial charge in [-0.15, -0.1) is 10.2 Å². The Morgan fingerprint density at radius 2 is 2.19 bits per heavy atom. The standard InChI is InChI=1S/C9H7N3O2S2/c13-6-12(8-10-11-9(15)16-8)14-7-4-2-1-3-5-7/h1-6H,(H,11,15). The predicted molar refractivity (Wildman–Crippen MR) is 62.9 cm³/mol. The Hall–Kier alpha value is -1.73. The number of hydrogen-bond donors (Lipinski definition) is 1. The fourth-order valence-corrected chi connectivity index (χ4v) is 1.80. The zero-order valence-electron chi connectivity index (χ0n) is 7.99. The molecule has 16 heavy (non-hydrogen) atoms. The summed E-state index contributed by atoms with van der Waals surface area (Å²) in [7, 11) is 0. The van der Waals surface area contributed by atoms with Gasteiger partial charge in [0, 0.05) is 0 Å². The van der Waals surface area contributed by atoms with Gasteiger partial charge < -0.3 is 4.84 Å². The topological polar surface area (TPSA) is 58.2 Å². The van der Waals surface area contributed by atoms with Gasteiger partial charge in [0.05, 0.1) is 0 Å². The first-order chi connectivity index (χ1) is 7.79. The van der Waals surface area contributed by atoms with Gasteiger partial charge in [-0.2, -0.15) is 0 Å². The summed E-state index contributed by atoms with van der Waals surface area (Å²) in [6.45, 7) is 0. The molecule has 1 amide bonds. The molecule has 0 aliphatic rings. The summed E-state index contributed by atoms with van der Waals surface area (Å²) in [5, 5.41) is 7.80. The molecule has 0 aliphatic heterocycles. The van der Waals surface area contributed by atoms with E-state index in [0.29, 0.717) is 21.2 Å². The zero-order valence-corrected chi connectivity index (χ0v) is 9.62. The van der Waals surface area contributed by atoms with Crippen LogP contribution in [0, 0.1) is 3.95 Å². The average Bonchev–Trinajstić information content (AvgIpc) is 2.74. The molecule has 1 heterocycles. The summed E-state index contributed by atoms with van der Waals surface area (Å²) in [6, 6.07) is 8.96. The molecule has 0 aliphatic carbocycles. The molecule has 7 heteroatoms. The van der Waals surface area contributed by atoms with Crippen LogP contribution in [0.15, 0.2) is 30.3 Å². The lowest BCUT2D eigenvalue weighted by Crippen LogP contribution is -2.25. The monoisotopic (exact) mass is 253 g/mol. The number of nitrogens with one attached hydrogen (secondary N) is 1. The third-order valence-corrected chi connectivity index (χ3v) is 2.73. The number of anilines is 1. The van der Waals surface area contributed by atoms with Crippen molar-refractivity contribution in [2.75, 3.05) is 5.06 Å². The van der Waals surface area contributed by atoms with Gasteiger partial charge in [0.1, 0.15) is 0 Å². The van der Waals surface area contributed by atoms with E-state index in [0.717, 1.165) is 16.4 Å². The zero-order chi connectivity index (χ0) is 11.4. The Bertz CT molecular complexity index is 523. The highest BCUT2D eigenvalue weighted by atomic mass is 32.1. The summed E-state index contributed by atoms with van der Waals surface area (Å²) < 4.78 is 0.485. The van der Waals surface area contributed by atoms with Crippen LogP contribution in [0.2, 0.25) is 0 Å². The Labute approximate surface area is 100 Å². The van der Waals surface area contributed by atoms with Crippen LogP contribution in [-0.2, 0) is 4.79 Å². The normalized spacial score (nSPS) is 9.75. The molecule has 2 rings (SSSR count). The van der Waals surface area contributed by atoms with Crippen LogP contribution in [0.1, 0.15) is 0 Å². The number of nitrogens with zero attached hydrogens (tertiary/aromatic N) is 2. The molecule has 82 valence electrons. The van der Waals surface area contributed by atoms with E-state index in [1.807, 2.05) is 18.2 Å². The van der Waals surface area contributed by atoms with E-state index >= 15 is 0 Å². The fraction of sp³-hybridized carbons (Fsp3) is 0. The van der Waals surface area contributed by atoms with Crippen molar-refractivity contribution in [3.8, 4) is 5.75 Å². The molecular formula is C9H7N3O2S2. The van der Waals surface area contributed by atoms with Crippen LogP contribution in [0.3, 0.4) is 0 Å². The van der Waals surface area contributed by atoms with Gasteiger partial charge in [0.15, 0.2) is 9.70 Å². The largest absolute Gasteiger partial charge is 0.370 e. The second-order valence-corrected chi connectivity index (χ2v) is 4.38. The first-order valence-electron chi connectivity index (χ1n) is 4.32. The number of amides is 1. The maximum Gasteiger partial charge on any atom is 0.250 e. The number of hydroxylamine groups is 1. The summed E-state index contributed by atoms with van der Waals surface area (Å²) in [5.41, 5.74) is 0. The van der Waals surface area contributed by atoms with Crippen LogP contribution in [-0.4, -0.2) is 16.6 Å². The third kappa shape index (κ3) is 2.44. The molecule has 1 aromatic carbocycles. The molecule has 0 saturated carbocycles. The summed E-state index contributed by atoms with van der Waals surface area (Å²) >= 11 is 6.02. The number of para-hydroxylation sites is 1. The quantitative estimate of drug-likeness (QED) is 0.515. The van der Waals surface area contributed by atoms with E-state index in [-0.39, 0.29) is 0 Å². The lowest BCUT2D eigenvalue weighted by atomic mass is 10.3. The summed E-state index contributed by atoms with van der Waals surface area (Å²) in [4.78, 5) is 16.1. The fourth-order valence-electron chi connectivity index (χ4n) is 1.02. The minimum Gasteiger partial charge on any atom is -0.370 e. The number of aromatic nitrogens is 2. The number of hydrogen-bond acceptors (Lipinski definition) is 5. The van der Waals surface area contributed by atoms with Crippen molar-refractivity contribution in [1.29, 1.82) is 0 Å². The van der Waals surface area contributed by atoms with E-state index in [9.17, 15) is 4.79 Å². The van der Waals surface area contributed by atoms with E-state index in [1.54, 1.807) is 12.1 Å². The highest BCUT2D eigenvalue weighted by Gasteiger charge is 2.11. The molecule has 0 saturated heterocycles. The maximum absolute atomic E-state index is 10.8. The van der Waals surface area contributed by atoms with E-state index in [1.165, 1.54) is 0 Å². The van der Waals surface area contributed by atoms with Crippen molar-refractivity contribution in [2.45, 2.75) is 0 Å². The van der Waals surface area contributed by atoms with Crippen LogP contribution in [0.5, 0.6) is 5.75 Å². The van der Waals surface area contributed by atoms with Crippen molar-refractivity contribution in [1.82, 2.24) is 10.2 Å². The Morgan fingerprint density at radius 3 is 2.75 bits per heavy atom. The second kappa shape index (κ2) is 4.86. The molecule has 5 nitrogen and oxygen atoms in total. The van der Waals surface area contributed by atoms with Crippen LogP contribution in [0.4, 0.5) is 5.13 Å². The minimum absolute atomic E-state index is 0.365. The molecular weight excluding hydrogens is 246 g/mol. The van der Waals surface area contributed by atoms with Gasteiger partial charge in [0.25, 0.3) is 6.41 Å². The van der Waals surface area contributed by atoms with Crippen molar-refractivity contribution in [3.63, 3.8) is 0 Å². The molecule has 2 aromatic rings. The Morgan fingerprint density at radius 1 is 1.44 bits per heavy atom. The number of carbonyl (C=O) groups excluding carboxylic acids is 1. The lowest BCUT2D eigenvalue weighted by molar-refractivity contribution is -0.111. The molecule has 0 unspecified atom stereocenters. The summed E-state index contributed by atoms with van der Waals surface area (Å²) in [6.07, 6.45) is 0.536. The van der Waals surface area contributed by atoms with Gasteiger partial charge >= 0.3 is 0 Å². The van der Waals surface area contributed by atoms with Gasteiger partial charge in [-0.1, -0.05) is 29.5 Å². The molecule has 1 N–H and O–H groups in total. The molecule has 0 atom stereocenters. The molecule has 0 fully saturated rings. The highest BCUT2D eigenvalue weighted by Crippen LogP contribution is 2.18. The molecule has 0 radical (unpaired) electrons. The van der Waals surface area contributed by atoms with Crippen LogP contribution < -0.4 is 9.90 Å². The van der Waals surface area contributed by atoms with Crippen molar-refractivity contribution in [3.05, 3.63) is 34.3 Å². The first-order valence-corrected chi connectivity index (χ1v) is 5.55. The maximum atomic E-state index is 10.8. The minimum atomic E-state index is 0.365. The number of aromatic amines is 1. The van der Waals surface area contributed by atoms with Crippen LogP contribution in [0.25, 0.3) is 0 Å². The van der Waals surface area contributed by atoms with Crippen molar-refractivity contribution in [2.24, 2.45) is 0 Å². The highest BCUT2D eigenvalue weighted by molar-refractivity contribution is 7.73. The molecule has 0 bridgehead atoms. The number of carbonyl (C=O) groups is 1. The van der Waals surface area contributed by atoms with Gasteiger partial charge in [-0.05, 0) is 24.4 Å². The number of rotatable bonds is 4. The number of H-pyrrole nitrogens is 1. The molecule has 0 spiro atoms. The predicted octanol–water partition coefficient (Wildman–Crippen LogP) is 2.16. The lowest BCUT2D eigenvalue weighted by Gasteiger charge is -2.13. The van der Waals surface area contributed by atoms with E-state index in [2.05, 4.69) is 10.2 Å². The number of benzene rings is 1. The molecule has 1 aromatic heterocycles. The average molecular weight is 253 g/mol. The second-order valence-electron chi connectivity index (χ2n) is 2.73. The van der Waals surface area contributed by atoms with Gasteiger partial charge in [0.2, 0.25) is 5.13 Å². The first kappa shape index (κ1) is 10.8. The third-order valence-electron chi connectivity index (χ3n) is 1.66. The SMILES string of the molecule is O=CN(Oc1ccccc1)c1n[nH]c(=S)s1.